The van der Waals surface area contributed by atoms with Gasteiger partial charge < -0.3 is 35.5 Å². The Morgan fingerprint density at radius 2 is 1.03 bits per heavy atom. The molecule has 18 heteroatoms. The molecule has 2 unspecified atom stereocenters. The van der Waals surface area contributed by atoms with Gasteiger partial charge in [-0.15, -0.1) is 11.6 Å². The van der Waals surface area contributed by atoms with Gasteiger partial charge in [-0.25, -0.2) is 15.4 Å². The van der Waals surface area contributed by atoms with Gasteiger partial charge in [-0.3, -0.25) is 29.1 Å². The lowest BCUT2D eigenvalue weighted by Crippen LogP contribution is -2.59. The minimum atomic E-state index is -1.50. The van der Waals surface area contributed by atoms with E-state index in [1.54, 1.807) is 47.6 Å². The Labute approximate surface area is 455 Å². The summed E-state index contributed by atoms with van der Waals surface area (Å²) in [4.78, 5) is 91.2. The zero-order chi connectivity index (χ0) is 54.9. The van der Waals surface area contributed by atoms with Crippen LogP contribution in [-0.4, -0.2) is 102 Å². The fraction of sp³-hybridized carbons (Fsp3) is 0.237. The second kappa shape index (κ2) is 24.2. The van der Waals surface area contributed by atoms with Gasteiger partial charge in [0.25, 0.3) is 11.8 Å². The number of hydrazine groups is 1. The molecular formula is C59H56ClN7O9S. The summed E-state index contributed by atoms with van der Waals surface area (Å²) in [6, 6.07) is 45.4. The summed E-state index contributed by atoms with van der Waals surface area (Å²) in [7, 11) is 0. The Morgan fingerprint density at radius 1 is 0.662 bits per heavy atom. The SMILES string of the molecule is C[C@@]1(C(=O)C(=O)CCl)CC2/C(=C\c3ccccn3)C(=O)N2[C@H]1C(=O)OC(c1ccccc1)c1ccccc1.C[C@@]1(CO)CC2/C(=C\c3ccccn3)C(=O)N2[C@H]1C(=O)OC(c1ccccc1)c1ccccc1.NNC(N)=S. The molecule has 4 aliphatic rings. The quantitative estimate of drug-likeness (QED) is 0.0131. The van der Waals surface area contributed by atoms with Crippen LogP contribution < -0.4 is 17.0 Å². The molecule has 4 aliphatic heterocycles. The first kappa shape index (κ1) is 55.0. The maximum Gasteiger partial charge on any atom is 0.330 e. The number of amides is 2. The number of aliphatic hydroxyl groups excluding tert-OH is 1. The van der Waals surface area contributed by atoms with Gasteiger partial charge in [-0.05, 0) is 90.7 Å². The van der Waals surface area contributed by atoms with E-state index in [1.807, 2.05) is 152 Å². The van der Waals surface area contributed by atoms with Crippen molar-refractivity contribution in [1.82, 2.24) is 25.2 Å². The molecule has 0 saturated carbocycles. The number of carbonyl (C=O) groups excluding carboxylic acids is 6. The number of esters is 2. The molecule has 6 heterocycles. The number of Topliss-reactive ketones (excluding diaryl/α,β-unsaturated/α-hetero) is 2. The first-order valence-electron chi connectivity index (χ1n) is 24.7. The van der Waals surface area contributed by atoms with E-state index >= 15 is 0 Å². The minimum Gasteiger partial charge on any atom is -0.451 e. The number of aliphatic hydroxyl groups is 1. The fourth-order valence-corrected chi connectivity index (χ4v) is 10.5. The van der Waals surface area contributed by atoms with Crippen molar-refractivity contribution in [2.24, 2.45) is 22.4 Å². The molecular weight excluding hydrogens is 1020 g/mol. The van der Waals surface area contributed by atoms with Crippen LogP contribution in [0.2, 0.25) is 0 Å². The van der Waals surface area contributed by atoms with Crippen LogP contribution in [0.3, 0.4) is 0 Å². The van der Waals surface area contributed by atoms with Gasteiger partial charge in [0.15, 0.2) is 17.3 Å². The van der Waals surface area contributed by atoms with Gasteiger partial charge in [0.1, 0.15) is 12.1 Å². The highest BCUT2D eigenvalue weighted by molar-refractivity contribution is 7.80. The lowest BCUT2D eigenvalue weighted by Gasteiger charge is -2.41. The van der Waals surface area contributed by atoms with Gasteiger partial charge >= 0.3 is 11.9 Å². The number of fused-ring (bicyclic) bond motifs is 2. The van der Waals surface area contributed by atoms with Gasteiger partial charge in [-0.2, -0.15) is 0 Å². The second-order valence-corrected chi connectivity index (χ2v) is 20.0. The van der Waals surface area contributed by atoms with E-state index in [4.69, 9.17) is 26.8 Å². The zero-order valence-corrected chi connectivity index (χ0v) is 43.6. The molecule has 4 aromatic carbocycles. The van der Waals surface area contributed by atoms with Crippen LogP contribution in [0.25, 0.3) is 12.2 Å². The van der Waals surface area contributed by atoms with Crippen molar-refractivity contribution in [3.8, 4) is 0 Å². The number of hydrogen-bond donors (Lipinski definition) is 4. The molecule has 6 atom stereocenters. The summed E-state index contributed by atoms with van der Waals surface area (Å²) in [5.74, 6) is 0.671. The van der Waals surface area contributed by atoms with E-state index in [1.165, 1.54) is 11.8 Å². The topological polar surface area (TPSA) is 237 Å². The number of carbonyl (C=O) groups is 6. The standard InChI is InChI=1S/C30H25ClN2O5.C28H26N2O4.CH5N3S/c1-30(27(35)24(34)18-31)17-23-22(16-21-14-8-9-15-32-21)28(36)33(23)26(30)29(37)38-25(19-10-4-2-5-11-19)20-12-6-3-7-13-20;1-28(18-31)17-23-22(16-21-14-8-9-15-29-21)26(32)30(23)25(28)27(33)34-24(19-10-4-2-5-11-19)20-12-6-3-7-13-20;2-1(5)4-3/h2-16,23,25-26H,17-18H2,1H3;2-16,23-25,31H,17-18H2,1H3;3H2,(H3,2,4,5)/b2*22-16+;/t23?,26-,30+;23?,25-,28-;/m00./s1. The third-order valence-electron chi connectivity index (χ3n) is 14.2. The summed E-state index contributed by atoms with van der Waals surface area (Å²) in [6.07, 6.45) is 5.90. The number of nitrogens with zero attached hydrogens (tertiary/aromatic N) is 4. The van der Waals surface area contributed by atoms with Crippen molar-refractivity contribution in [1.29, 1.82) is 0 Å². The molecule has 4 saturated heterocycles. The molecule has 2 amide bonds. The van der Waals surface area contributed by atoms with Crippen molar-refractivity contribution >= 4 is 76.4 Å². The Morgan fingerprint density at radius 3 is 1.38 bits per heavy atom. The first-order valence-corrected chi connectivity index (χ1v) is 25.6. The summed E-state index contributed by atoms with van der Waals surface area (Å²) < 4.78 is 12.1. The van der Waals surface area contributed by atoms with Gasteiger partial charge in [0.05, 0.1) is 41.4 Å². The number of β-lactam (4-membered cyclic amide) rings is 2. The predicted molar refractivity (Wildman–Crippen MR) is 292 cm³/mol. The molecule has 77 heavy (non-hydrogen) atoms. The molecule has 2 aromatic heterocycles. The lowest BCUT2D eigenvalue weighted by atomic mass is 9.76. The van der Waals surface area contributed by atoms with Crippen molar-refractivity contribution in [2.75, 3.05) is 12.5 Å². The van der Waals surface area contributed by atoms with Crippen LogP contribution >= 0.6 is 23.8 Å². The number of rotatable bonds is 14. The molecule has 6 N–H and O–H groups in total. The largest absolute Gasteiger partial charge is 0.451 e. The number of halogens is 1. The van der Waals surface area contributed by atoms with E-state index in [-0.39, 0.29) is 30.1 Å². The summed E-state index contributed by atoms with van der Waals surface area (Å²) >= 11 is 9.96. The van der Waals surface area contributed by atoms with Crippen molar-refractivity contribution in [3.63, 3.8) is 0 Å². The second-order valence-electron chi connectivity index (χ2n) is 19.3. The molecule has 0 spiro atoms. The number of ketones is 2. The van der Waals surface area contributed by atoms with E-state index in [9.17, 15) is 33.9 Å². The maximum absolute atomic E-state index is 13.9. The van der Waals surface area contributed by atoms with Crippen LogP contribution in [0.1, 0.15) is 72.5 Å². The molecule has 16 nitrogen and oxygen atoms in total. The highest BCUT2D eigenvalue weighted by atomic mass is 35.5. The summed E-state index contributed by atoms with van der Waals surface area (Å²) in [5.41, 5.74) is 9.97. The molecule has 394 valence electrons. The van der Waals surface area contributed by atoms with Crippen LogP contribution in [0.15, 0.2) is 181 Å². The number of nitrogens with two attached hydrogens (primary N) is 2. The number of hydrogen-bond acceptors (Lipinski definition) is 13. The lowest BCUT2D eigenvalue weighted by molar-refractivity contribution is -0.164. The van der Waals surface area contributed by atoms with Crippen molar-refractivity contribution in [3.05, 3.63) is 215 Å². The monoisotopic (exact) mass is 1070 g/mol. The molecule has 0 bridgehead atoms. The number of thiocarbonyl (C=S) groups is 1. The highest BCUT2D eigenvalue weighted by Crippen LogP contribution is 2.52. The number of benzene rings is 4. The van der Waals surface area contributed by atoms with E-state index in [0.29, 0.717) is 29.0 Å². The van der Waals surface area contributed by atoms with Crippen LogP contribution in [0.4, 0.5) is 0 Å². The van der Waals surface area contributed by atoms with Crippen molar-refractivity contribution in [2.45, 2.75) is 63.1 Å². The zero-order valence-electron chi connectivity index (χ0n) is 42.1. The van der Waals surface area contributed by atoms with E-state index < -0.39 is 76.5 Å². The van der Waals surface area contributed by atoms with E-state index in [2.05, 4.69) is 28.0 Å². The molecule has 0 radical (unpaired) electrons. The number of pyridine rings is 2. The average molecular weight is 1070 g/mol. The van der Waals surface area contributed by atoms with Crippen LogP contribution in [-0.2, 0) is 38.2 Å². The minimum absolute atomic E-state index is 0.0972. The normalized spacial score (nSPS) is 22.8. The number of aromatic nitrogens is 2. The Balaban J connectivity index is 0.000000188. The maximum atomic E-state index is 13.9. The Bertz CT molecular complexity index is 3100. The Hall–Kier alpha value is -8.22. The molecule has 4 fully saturated rings. The first-order chi connectivity index (χ1) is 37.1. The molecule has 0 aliphatic carbocycles. The van der Waals surface area contributed by atoms with Crippen LogP contribution in [0, 0.1) is 10.8 Å². The molecule has 6 aromatic rings. The summed E-state index contributed by atoms with van der Waals surface area (Å²) in [6.45, 7) is 3.14. The van der Waals surface area contributed by atoms with Gasteiger partial charge in [0.2, 0.25) is 11.6 Å². The van der Waals surface area contributed by atoms with E-state index in [0.717, 1.165) is 22.3 Å². The van der Waals surface area contributed by atoms with Crippen LogP contribution in [0.5, 0.6) is 0 Å². The predicted octanol–water partition coefficient (Wildman–Crippen LogP) is 6.64. The summed E-state index contributed by atoms with van der Waals surface area (Å²) in [5, 5.41) is 10.4. The smallest absolute Gasteiger partial charge is 0.330 e. The number of nitrogens with one attached hydrogen (secondary N) is 1. The number of ether oxygens (including phenoxy) is 2. The number of alkyl halides is 1. The third kappa shape index (κ3) is 11.6. The molecule has 10 rings (SSSR count). The third-order valence-corrected chi connectivity index (χ3v) is 14.5. The highest BCUT2D eigenvalue weighted by Gasteiger charge is 2.66. The van der Waals surface area contributed by atoms with Crippen molar-refractivity contribution < 1.29 is 43.3 Å². The Kier molecular flexibility index (Phi) is 17.3. The fourth-order valence-electron chi connectivity index (χ4n) is 10.4. The average Bonchev–Trinajstić information content (AvgIpc) is 4.09. The van der Waals surface area contributed by atoms with Gasteiger partial charge in [0, 0.05) is 29.0 Å². The van der Waals surface area contributed by atoms with Gasteiger partial charge in [-0.1, -0.05) is 140 Å².